The molecule has 0 saturated carbocycles. The molecule has 1 saturated heterocycles. The number of carbonyl (C=O) groups excluding carboxylic acids is 1. The van der Waals surface area contributed by atoms with E-state index < -0.39 is 0 Å². The first-order chi connectivity index (χ1) is 13.0. The van der Waals surface area contributed by atoms with Crippen LogP contribution in [0.25, 0.3) is 6.08 Å². The van der Waals surface area contributed by atoms with Gasteiger partial charge in [-0.05, 0) is 105 Å². The Bertz CT molecular complexity index is 936. The largest absolute Gasteiger partial charge is 0.487 e. The van der Waals surface area contributed by atoms with E-state index in [9.17, 15) is 9.18 Å². The predicted octanol–water partition coefficient (Wildman–Crippen LogP) is 5.49. The standard InChI is InChI=1S/C19H13FI2N2O2S/c1-2-7-26-17-14(21)8-11(9-15(17)22)10-16-18(25)24-19(27-16)23-13-5-3-12(20)4-6-13/h2-6,8-10H,1,7H2,(H,23,24,25)/b16-10-. The Morgan fingerprint density at radius 3 is 2.52 bits per heavy atom. The van der Waals surface area contributed by atoms with Gasteiger partial charge in [-0.1, -0.05) is 12.7 Å². The Morgan fingerprint density at radius 2 is 1.89 bits per heavy atom. The summed E-state index contributed by atoms with van der Waals surface area (Å²) in [6, 6.07) is 9.69. The number of amidine groups is 1. The van der Waals surface area contributed by atoms with E-state index in [0.29, 0.717) is 22.4 Å². The van der Waals surface area contributed by atoms with E-state index >= 15 is 0 Å². The molecule has 0 atom stereocenters. The number of hydrogen-bond acceptors (Lipinski definition) is 4. The molecule has 3 rings (SSSR count). The second-order valence-electron chi connectivity index (χ2n) is 5.37. The van der Waals surface area contributed by atoms with Crippen LogP contribution in [0.1, 0.15) is 5.56 Å². The van der Waals surface area contributed by atoms with Gasteiger partial charge in [0.05, 0.1) is 17.7 Å². The highest BCUT2D eigenvalue weighted by atomic mass is 127. The number of halogens is 3. The summed E-state index contributed by atoms with van der Waals surface area (Å²) in [5, 5.41) is 3.19. The van der Waals surface area contributed by atoms with Crippen LogP contribution in [0.3, 0.4) is 0 Å². The molecule has 4 nitrogen and oxygen atoms in total. The van der Waals surface area contributed by atoms with E-state index in [2.05, 4.69) is 62.1 Å². The number of rotatable bonds is 5. The number of ether oxygens (including phenoxy) is 1. The highest BCUT2D eigenvalue weighted by Gasteiger charge is 2.24. The molecule has 1 aliphatic heterocycles. The zero-order valence-corrected chi connectivity index (χ0v) is 19.0. The van der Waals surface area contributed by atoms with E-state index in [4.69, 9.17) is 4.74 Å². The van der Waals surface area contributed by atoms with Crippen molar-refractivity contribution in [3.05, 3.63) is 72.5 Å². The summed E-state index contributed by atoms with van der Waals surface area (Å²) in [6.45, 7) is 4.09. The van der Waals surface area contributed by atoms with Crippen molar-refractivity contribution in [3.63, 3.8) is 0 Å². The van der Waals surface area contributed by atoms with Gasteiger partial charge in [0.15, 0.2) is 5.17 Å². The Balaban J connectivity index is 1.82. The lowest BCUT2D eigenvalue weighted by molar-refractivity contribution is -0.115. The fourth-order valence-electron chi connectivity index (χ4n) is 2.21. The second kappa shape index (κ2) is 9.20. The van der Waals surface area contributed by atoms with Crippen LogP contribution in [0.15, 0.2) is 59.0 Å². The van der Waals surface area contributed by atoms with Crippen LogP contribution in [0.2, 0.25) is 0 Å². The molecule has 0 unspecified atom stereocenters. The van der Waals surface area contributed by atoms with Crippen LogP contribution in [-0.2, 0) is 4.79 Å². The molecular weight excluding hydrogens is 593 g/mol. The van der Waals surface area contributed by atoms with Crippen molar-refractivity contribution in [1.29, 1.82) is 0 Å². The molecule has 1 heterocycles. The van der Waals surface area contributed by atoms with Crippen LogP contribution in [0.4, 0.5) is 10.1 Å². The third-order valence-corrected chi connectivity index (χ3v) is 5.88. The topological polar surface area (TPSA) is 50.7 Å². The minimum absolute atomic E-state index is 0.210. The zero-order chi connectivity index (χ0) is 19.4. The van der Waals surface area contributed by atoms with Gasteiger partial charge < -0.3 is 10.1 Å². The first kappa shape index (κ1) is 20.3. The predicted molar refractivity (Wildman–Crippen MR) is 125 cm³/mol. The molecule has 0 radical (unpaired) electrons. The number of nitrogens with zero attached hydrogens (tertiary/aromatic N) is 1. The van der Waals surface area contributed by atoms with Crippen molar-refractivity contribution >= 4 is 79.8 Å². The summed E-state index contributed by atoms with van der Waals surface area (Å²) in [6.07, 6.45) is 3.51. The average molecular weight is 606 g/mol. The van der Waals surface area contributed by atoms with Gasteiger partial charge >= 0.3 is 0 Å². The monoisotopic (exact) mass is 606 g/mol. The molecule has 1 fully saturated rings. The van der Waals surface area contributed by atoms with E-state index in [0.717, 1.165) is 18.5 Å². The fraction of sp³-hybridized carbons (Fsp3) is 0.0526. The Hall–Kier alpha value is -1.40. The van der Waals surface area contributed by atoms with Crippen molar-refractivity contribution in [3.8, 4) is 5.75 Å². The van der Waals surface area contributed by atoms with E-state index in [1.807, 2.05) is 18.2 Å². The Labute approximate surface area is 187 Å². The number of hydrogen-bond donors (Lipinski definition) is 1. The maximum atomic E-state index is 13.0. The lowest BCUT2D eigenvalue weighted by Gasteiger charge is -2.09. The van der Waals surface area contributed by atoms with Gasteiger partial charge in [-0.3, -0.25) is 4.79 Å². The summed E-state index contributed by atoms with van der Waals surface area (Å²) in [5.74, 6) is 0.269. The van der Waals surface area contributed by atoms with E-state index in [1.165, 1.54) is 23.9 Å². The molecule has 1 aliphatic rings. The average Bonchev–Trinajstić information content (AvgIpc) is 2.95. The van der Waals surface area contributed by atoms with E-state index in [1.54, 1.807) is 18.2 Å². The summed E-state index contributed by atoms with van der Waals surface area (Å²) < 4.78 is 20.6. The quantitative estimate of drug-likeness (QED) is 0.279. The van der Waals surface area contributed by atoms with Gasteiger partial charge in [0.1, 0.15) is 18.2 Å². The molecule has 0 bridgehead atoms. The first-order valence-electron chi connectivity index (χ1n) is 7.74. The van der Waals surface area contributed by atoms with Gasteiger partial charge in [-0.15, -0.1) is 0 Å². The summed E-state index contributed by atoms with van der Waals surface area (Å²) in [7, 11) is 0. The van der Waals surface area contributed by atoms with Crippen LogP contribution in [0, 0.1) is 13.0 Å². The van der Waals surface area contributed by atoms with Crippen LogP contribution in [0.5, 0.6) is 5.75 Å². The second-order valence-corrected chi connectivity index (χ2v) is 8.73. The fourth-order valence-corrected chi connectivity index (χ4v) is 5.18. The summed E-state index contributed by atoms with van der Waals surface area (Å²) in [5.41, 5.74) is 1.48. The Kier molecular flexibility index (Phi) is 6.93. The van der Waals surface area contributed by atoms with Gasteiger partial charge in [0.25, 0.3) is 5.91 Å². The maximum absolute atomic E-state index is 13.0. The first-order valence-corrected chi connectivity index (χ1v) is 10.7. The number of thioether (sulfide) groups is 1. The van der Waals surface area contributed by atoms with Gasteiger partial charge in [-0.25, -0.2) is 9.38 Å². The smallest absolute Gasteiger partial charge is 0.264 e. The number of aliphatic imine (C=N–C) groups is 1. The highest BCUT2D eigenvalue weighted by Crippen LogP contribution is 2.32. The van der Waals surface area contributed by atoms with Gasteiger partial charge in [0.2, 0.25) is 0 Å². The number of benzene rings is 2. The molecule has 0 aliphatic carbocycles. The van der Waals surface area contributed by atoms with E-state index in [-0.39, 0.29) is 11.7 Å². The third-order valence-electron chi connectivity index (χ3n) is 3.37. The van der Waals surface area contributed by atoms with Crippen LogP contribution < -0.4 is 10.1 Å². The van der Waals surface area contributed by atoms with Crippen LogP contribution >= 0.6 is 56.9 Å². The lowest BCUT2D eigenvalue weighted by Crippen LogP contribution is -2.19. The third kappa shape index (κ3) is 5.32. The van der Waals surface area contributed by atoms with Gasteiger partial charge in [0, 0.05) is 0 Å². The molecule has 138 valence electrons. The molecule has 1 amide bonds. The lowest BCUT2D eigenvalue weighted by atomic mass is 10.2. The summed E-state index contributed by atoms with van der Waals surface area (Å²) >= 11 is 5.67. The minimum Gasteiger partial charge on any atom is -0.487 e. The number of nitrogens with one attached hydrogen (secondary N) is 1. The molecule has 0 spiro atoms. The van der Waals surface area contributed by atoms with Crippen molar-refractivity contribution < 1.29 is 13.9 Å². The normalized spacial score (nSPS) is 16.6. The molecule has 8 heteroatoms. The minimum atomic E-state index is -0.327. The molecule has 0 aromatic heterocycles. The molecule has 27 heavy (non-hydrogen) atoms. The highest BCUT2D eigenvalue weighted by molar-refractivity contribution is 14.1. The molecule has 2 aromatic carbocycles. The molecule has 2 aromatic rings. The van der Waals surface area contributed by atoms with Crippen molar-refractivity contribution in [2.45, 2.75) is 0 Å². The zero-order valence-electron chi connectivity index (χ0n) is 13.8. The van der Waals surface area contributed by atoms with Gasteiger partial charge in [-0.2, -0.15) is 0 Å². The van der Waals surface area contributed by atoms with Crippen molar-refractivity contribution in [1.82, 2.24) is 5.32 Å². The summed E-state index contributed by atoms with van der Waals surface area (Å²) in [4.78, 5) is 17.1. The number of amides is 1. The molecule has 1 N–H and O–H groups in total. The number of carbonyl (C=O) groups is 1. The SMILES string of the molecule is C=CCOc1c(I)cc(/C=C2\SC(=Nc3ccc(F)cc3)NC2=O)cc1I. The maximum Gasteiger partial charge on any atom is 0.264 e. The van der Waals surface area contributed by atoms with Crippen LogP contribution in [-0.4, -0.2) is 17.7 Å². The van der Waals surface area contributed by atoms with Crippen molar-refractivity contribution in [2.75, 3.05) is 6.61 Å². The Morgan fingerprint density at radius 1 is 1.22 bits per heavy atom. The van der Waals surface area contributed by atoms with Crippen molar-refractivity contribution in [2.24, 2.45) is 4.99 Å². The molecular formula is C19H13FI2N2O2S.